The van der Waals surface area contributed by atoms with E-state index in [1.165, 1.54) is 43.2 Å². The van der Waals surface area contributed by atoms with E-state index in [1.807, 2.05) is 0 Å². The maximum absolute atomic E-state index is 13.6. The highest BCUT2D eigenvalue weighted by molar-refractivity contribution is 6.01. The molecule has 1 atom stereocenters. The maximum atomic E-state index is 13.6. The summed E-state index contributed by atoms with van der Waals surface area (Å²) in [5, 5.41) is 0. The van der Waals surface area contributed by atoms with E-state index in [0.717, 1.165) is 41.4 Å². The van der Waals surface area contributed by atoms with Crippen LogP contribution in [0.3, 0.4) is 0 Å². The fourth-order valence-electron chi connectivity index (χ4n) is 5.04. The van der Waals surface area contributed by atoms with Crippen LogP contribution in [-0.2, 0) is 6.42 Å². The highest BCUT2D eigenvalue weighted by Crippen LogP contribution is 2.44. The second kappa shape index (κ2) is 9.06. The molecular weight excluding hydrogens is 388 g/mol. The van der Waals surface area contributed by atoms with Gasteiger partial charge in [0.15, 0.2) is 0 Å². The lowest BCUT2D eigenvalue weighted by Crippen LogP contribution is -2.16. The van der Waals surface area contributed by atoms with E-state index in [4.69, 9.17) is 4.99 Å². The average Bonchev–Trinajstić information content (AvgIpc) is 3.15. The maximum Gasteiger partial charge on any atom is 0.245 e. The smallest absolute Gasteiger partial charge is 0.245 e. The van der Waals surface area contributed by atoms with Crippen molar-refractivity contribution in [3.8, 4) is 0 Å². The topological polar surface area (TPSA) is 12.4 Å². The number of alkyl halides is 2. The van der Waals surface area contributed by atoms with E-state index in [1.54, 1.807) is 0 Å². The first kappa shape index (κ1) is 21.9. The molecule has 0 radical (unpaired) electrons. The summed E-state index contributed by atoms with van der Waals surface area (Å²) in [7, 11) is 0. The highest BCUT2D eigenvalue weighted by Gasteiger charge is 2.32. The quantitative estimate of drug-likeness (QED) is 0.425. The fourth-order valence-corrected chi connectivity index (χ4v) is 5.04. The van der Waals surface area contributed by atoms with Gasteiger partial charge in [-0.25, -0.2) is 8.78 Å². The molecule has 2 aromatic rings. The molecule has 3 heteroatoms. The number of fused-ring (bicyclic) bond motifs is 1. The molecule has 0 spiro atoms. The van der Waals surface area contributed by atoms with Crippen LogP contribution < -0.4 is 0 Å². The van der Waals surface area contributed by atoms with E-state index < -0.39 is 5.92 Å². The molecule has 0 aromatic heterocycles. The van der Waals surface area contributed by atoms with Gasteiger partial charge in [0.1, 0.15) is 0 Å². The van der Waals surface area contributed by atoms with Crippen molar-refractivity contribution in [2.75, 3.05) is 0 Å². The number of rotatable bonds is 7. The summed E-state index contributed by atoms with van der Waals surface area (Å²) in [6, 6.07) is 15.0. The van der Waals surface area contributed by atoms with E-state index in [-0.39, 0.29) is 12.3 Å². The Balaban J connectivity index is 1.66. The number of aryl methyl sites for hydroxylation is 1. The molecule has 2 aliphatic rings. The van der Waals surface area contributed by atoms with Gasteiger partial charge in [0.05, 0.1) is 5.69 Å². The molecule has 164 valence electrons. The van der Waals surface area contributed by atoms with Crippen LogP contribution in [0, 0.1) is 5.92 Å². The minimum Gasteiger partial charge on any atom is -0.256 e. The van der Waals surface area contributed by atoms with Crippen molar-refractivity contribution in [2.45, 2.75) is 77.1 Å². The summed E-state index contributed by atoms with van der Waals surface area (Å²) in [4.78, 5) is 4.89. The third-order valence-electron chi connectivity index (χ3n) is 6.95. The summed E-state index contributed by atoms with van der Waals surface area (Å²) in [5.41, 5.74) is 7.66. The number of aliphatic imine (C=N–C) groups is 1. The fraction of sp³-hybridized carbons (Fsp3) is 0.464. The minimum absolute atomic E-state index is 0.0414. The highest BCUT2D eigenvalue weighted by atomic mass is 19.3. The Hall–Kier alpha value is -2.29. The molecule has 0 amide bonds. The van der Waals surface area contributed by atoms with Gasteiger partial charge >= 0.3 is 0 Å². The monoisotopic (exact) mass is 421 g/mol. The zero-order valence-corrected chi connectivity index (χ0v) is 18.8. The van der Waals surface area contributed by atoms with Crippen LogP contribution in [0.1, 0.15) is 87.0 Å². The summed E-state index contributed by atoms with van der Waals surface area (Å²) in [5.74, 6) is -2.18. The molecule has 1 aliphatic carbocycles. The molecule has 2 aromatic carbocycles. The molecule has 0 saturated heterocycles. The Bertz CT molecular complexity index is 959. The lowest BCUT2D eigenvalue weighted by Gasteiger charge is -2.24. The van der Waals surface area contributed by atoms with Crippen LogP contribution in [0.15, 0.2) is 54.0 Å². The number of nitrogens with zero attached hydrogens (tertiary/aromatic N) is 1. The molecule has 0 N–H and O–H groups in total. The summed E-state index contributed by atoms with van der Waals surface area (Å²) in [6.07, 6.45) is 7.41. The Labute approximate surface area is 185 Å². The first-order chi connectivity index (χ1) is 14.9. The molecule has 1 aliphatic heterocycles. The molecule has 0 bridgehead atoms. The number of allylic oxidation sites excluding steroid dienone is 1. The SMILES string of the molecule is C=C(c1ccc2c(c1)N=C(CCC(C)(F)F)C2c1ccc(CC)cc1)C1CCCCC1. The molecule has 1 unspecified atom stereocenters. The molecule has 4 rings (SSSR count). The van der Waals surface area contributed by atoms with Crippen molar-refractivity contribution in [1.29, 1.82) is 0 Å². The number of hydrogen-bond donors (Lipinski definition) is 0. The first-order valence-electron chi connectivity index (χ1n) is 11.7. The zero-order valence-electron chi connectivity index (χ0n) is 18.8. The van der Waals surface area contributed by atoms with Crippen LogP contribution in [-0.4, -0.2) is 11.6 Å². The van der Waals surface area contributed by atoms with Crippen molar-refractivity contribution < 1.29 is 8.78 Å². The van der Waals surface area contributed by atoms with Gasteiger partial charge in [0, 0.05) is 18.1 Å². The van der Waals surface area contributed by atoms with Crippen LogP contribution in [0.4, 0.5) is 14.5 Å². The van der Waals surface area contributed by atoms with Gasteiger partial charge in [0.2, 0.25) is 5.92 Å². The predicted octanol–water partition coefficient (Wildman–Crippen LogP) is 8.50. The van der Waals surface area contributed by atoms with Gasteiger partial charge < -0.3 is 0 Å². The molecule has 1 nitrogen and oxygen atoms in total. The molecule has 1 heterocycles. The van der Waals surface area contributed by atoms with Gasteiger partial charge in [-0.05, 0) is 72.4 Å². The molecule has 1 saturated carbocycles. The Morgan fingerprint density at radius 3 is 2.42 bits per heavy atom. The van der Waals surface area contributed by atoms with Crippen molar-refractivity contribution in [3.05, 3.63) is 71.3 Å². The summed E-state index contributed by atoms with van der Waals surface area (Å²) < 4.78 is 27.3. The van der Waals surface area contributed by atoms with Crippen molar-refractivity contribution in [1.82, 2.24) is 0 Å². The Morgan fingerprint density at radius 2 is 1.77 bits per heavy atom. The third kappa shape index (κ3) is 4.97. The molecular formula is C28H33F2N. The third-order valence-corrected chi connectivity index (χ3v) is 6.95. The lowest BCUT2D eigenvalue weighted by atomic mass is 9.80. The number of benzene rings is 2. The van der Waals surface area contributed by atoms with E-state index in [0.29, 0.717) is 12.3 Å². The predicted molar refractivity (Wildman–Crippen MR) is 127 cm³/mol. The van der Waals surface area contributed by atoms with Gasteiger partial charge in [-0.3, -0.25) is 4.99 Å². The van der Waals surface area contributed by atoms with Crippen LogP contribution >= 0.6 is 0 Å². The van der Waals surface area contributed by atoms with E-state index >= 15 is 0 Å². The molecule has 1 fully saturated rings. The Kier molecular flexibility index (Phi) is 6.41. The molecule has 31 heavy (non-hydrogen) atoms. The van der Waals surface area contributed by atoms with Crippen LogP contribution in [0.25, 0.3) is 5.57 Å². The van der Waals surface area contributed by atoms with Gasteiger partial charge in [-0.15, -0.1) is 0 Å². The van der Waals surface area contributed by atoms with Crippen molar-refractivity contribution >= 4 is 17.0 Å². The van der Waals surface area contributed by atoms with E-state index in [2.05, 4.69) is 56.0 Å². The van der Waals surface area contributed by atoms with Gasteiger partial charge in [-0.2, -0.15) is 0 Å². The normalized spacial score (nSPS) is 19.2. The standard InChI is InChI=1S/C28H33F2N/c1-4-20-10-12-22(13-11-20)27-24-15-14-23(19(2)21-8-6-5-7-9-21)18-26(24)31-25(27)16-17-28(3,29)30/h10-15,18,21,27H,2,4-9,16-17H2,1,3H3. The second-order valence-electron chi connectivity index (χ2n) is 9.34. The Morgan fingerprint density at radius 1 is 1.06 bits per heavy atom. The number of halogens is 2. The summed E-state index contributed by atoms with van der Waals surface area (Å²) in [6.45, 7) is 7.54. The first-order valence-corrected chi connectivity index (χ1v) is 11.7. The van der Waals surface area contributed by atoms with E-state index in [9.17, 15) is 8.78 Å². The van der Waals surface area contributed by atoms with Crippen LogP contribution in [0.5, 0.6) is 0 Å². The summed E-state index contributed by atoms with van der Waals surface area (Å²) >= 11 is 0. The lowest BCUT2D eigenvalue weighted by molar-refractivity contribution is 0.0150. The minimum atomic E-state index is -2.69. The average molecular weight is 422 g/mol. The van der Waals surface area contributed by atoms with Gasteiger partial charge in [-0.1, -0.05) is 69.2 Å². The van der Waals surface area contributed by atoms with Gasteiger partial charge in [0.25, 0.3) is 0 Å². The van der Waals surface area contributed by atoms with Crippen molar-refractivity contribution in [3.63, 3.8) is 0 Å². The van der Waals surface area contributed by atoms with Crippen LogP contribution in [0.2, 0.25) is 0 Å². The van der Waals surface area contributed by atoms with Crippen molar-refractivity contribution in [2.24, 2.45) is 10.9 Å². The largest absolute Gasteiger partial charge is 0.256 e. The second-order valence-corrected chi connectivity index (χ2v) is 9.34. The number of hydrogen-bond acceptors (Lipinski definition) is 1. The zero-order chi connectivity index (χ0) is 22.0.